The minimum absolute atomic E-state index is 0.0190. The molecule has 9 heteroatoms. The molecule has 0 fully saturated rings. The van der Waals surface area contributed by atoms with E-state index in [1.54, 1.807) is 25.3 Å². The van der Waals surface area contributed by atoms with E-state index in [-0.39, 0.29) is 18.0 Å². The molecule has 0 saturated heterocycles. The molecule has 0 saturated carbocycles. The van der Waals surface area contributed by atoms with Gasteiger partial charge in [-0.3, -0.25) is 0 Å². The van der Waals surface area contributed by atoms with E-state index in [0.717, 1.165) is 11.3 Å². The van der Waals surface area contributed by atoms with Gasteiger partial charge >= 0.3 is 0 Å². The fourth-order valence-corrected chi connectivity index (χ4v) is 4.52. The van der Waals surface area contributed by atoms with Gasteiger partial charge in [0, 0.05) is 16.7 Å². The summed E-state index contributed by atoms with van der Waals surface area (Å²) in [5.74, 6) is 1.63. The molecule has 0 aliphatic rings. The van der Waals surface area contributed by atoms with E-state index in [0.29, 0.717) is 22.2 Å². The Labute approximate surface area is 184 Å². The van der Waals surface area contributed by atoms with Crippen molar-refractivity contribution < 1.29 is 22.1 Å². The van der Waals surface area contributed by atoms with Crippen molar-refractivity contribution in [2.75, 3.05) is 7.11 Å². The van der Waals surface area contributed by atoms with E-state index >= 15 is 0 Å². The Hall–Kier alpha value is -3.07. The average molecular weight is 459 g/mol. The SMILES string of the molecule is COc1ccc(-c2cc(CN(Cc3ccco3)S(=O)(=O)c3ccc(Cl)cc3)on2)cc1. The van der Waals surface area contributed by atoms with E-state index < -0.39 is 10.0 Å². The molecule has 0 radical (unpaired) electrons. The van der Waals surface area contributed by atoms with E-state index in [4.69, 9.17) is 25.3 Å². The largest absolute Gasteiger partial charge is 0.497 e. The molecule has 0 aliphatic heterocycles. The smallest absolute Gasteiger partial charge is 0.243 e. The molecular formula is C22H19ClN2O5S. The molecule has 2 heterocycles. The molecule has 31 heavy (non-hydrogen) atoms. The van der Waals surface area contributed by atoms with Crippen LogP contribution in [0.2, 0.25) is 5.02 Å². The third-order valence-corrected chi connectivity index (χ3v) is 6.70. The van der Waals surface area contributed by atoms with Gasteiger partial charge in [0.25, 0.3) is 0 Å². The molecule has 0 bridgehead atoms. The van der Waals surface area contributed by atoms with Crippen molar-refractivity contribution in [1.29, 1.82) is 0 Å². The number of benzene rings is 2. The summed E-state index contributed by atoms with van der Waals surface area (Å²) in [6, 6.07) is 18.5. The summed E-state index contributed by atoms with van der Waals surface area (Å²) in [6.45, 7) is 0.0192. The van der Waals surface area contributed by atoms with Gasteiger partial charge in [0.1, 0.15) is 17.2 Å². The molecule has 0 spiro atoms. The van der Waals surface area contributed by atoms with Gasteiger partial charge in [-0.05, 0) is 60.7 Å². The Balaban J connectivity index is 1.62. The van der Waals surface area contributed by atoms with Gasteiger partial charge in [-0.15, -0.1) is 0 Å². The number of methoxy groups -OCH3 is 1. The van der Waals surface area contributed by atoms with Crippen molar-refractivity contribution in [2.24, 2.45) is 0 Å². The van der Waals surface area contributed by atoms with Crippen molar-refractivity contribution in [1.82, 2.24) is 9.46 Å². The van der Waals surface area contributed by atoms with Crippen LogP contribution >= 0.6 is 11.6 Å². The first-order chi connectivity index (χ1) is 15.0. The summed E-state index contributed by atoms with van der Waals surface area (Å²) in [7, 11) is -2.25. The van der Waals surface area contributed by atoms with Crippen molar-refractivity contribution in [3.8, 4) is 17.0 Å². The lowest BCUT2D eigenvalue weighted by molar-refractivity contribution is 0.304. The maximum Gasteiger partial charge on any atom is 0.243 e. The van der Waals surface area contributed by atoms with Gasteiger partial charge in [-0.1, -0.05) is 16.8 Å². The number of hydrogen-bond acceptors (Lipinski definition) is 6. The first-order valence-electron chi connectivity index (χ1n) is 9.34. The van der Waals surface area contributed by atoms with E-state index in [2.05, 4.69) is 5.16 Å². The second-order valence-electron chi connectivity index (χ2n) is 6.71. The first kappa shape index (κ1) is 21.2. The minimum Gasteiger partial charge on any atom is -0.497 e. The number of ether oxygens (including phenoxy) is 1. The zero-order chi connectivity index (χ0) is 21.8. The number of sulfonamides is 1. The summed E-state index contributed by atoms with van der Waals surface area (Å²) < 4.78 is 43.8. The summed E-state index contributed by atoms with van der Waals surface area (Å²) in [4.78, 5) is 0.123. The van der Waals surface area contributed by atoms with E-state index in [1.165, 1.54) is 34.8 Å². The highest BCUT2D eigenvalue weighted by Crippen LogP contribution is 2.26. The molecule has 2 aromatic carbocycles. The number of hydrogen-bond donors (Lipinski definition) is 0. The van der Waals surface area contributed by atoms with Gasteiger partial charge < -0.3 is 13.7 Å². The van der Waals surface area contributed by atoms with Crippen LogP contribution in [0.4, 0.5) is 0 Å². The van der Waals surface area contributed by atoms with Gasteiger partial charge in [-0.25, -0.2) is 8.42 Å². The Kier molecular flexibility index (Phi) is 6.13. The van der Waals surface area contributed by atoms with Gasteiger partial charge in [0.15, 0.2) is 5.76 Å². The van der Waals surface area contributed by atoms with Crippen molar-refractivity contribution in [2.45, 2.75) is 18.0 Å². The van der Waals surface area contributed by atoms with Crippen molar-refractivity contribution >= 4 is 21.6 Å². The van der Waals surface area contributed by atoms with Crippen LogP contribution in [0.15, 0.2) is 86.8 Å². The van der Waals surface area contributed by atoms with E-state index in [9.17, 15) is 8.42 Å². The lowest BCUT2D eigenvalue weighted by Crippen LogP contribution is -2.30. The van der Waals surface area contributed by atoms with Crippen LogP contribution < -0.4 is 4.74 Å². The van der Waals surface area contributed by atoms with Crippen molar-refractivity contribution in [3.05, 3.63) is 89.5 Å². The number of aromatic nitrogens is 1. The number of nitrogens with zero attached hydrogens (tertiary/aromatic N) is 2. The maximum absolute atomic E-state index is 13.3. The highest BCUT2D eigenvalue weighted by molar-refractivity contribution is 7.89. The Morgan fingerprint density at radius 2 is 1.71 bits per heavy atom. The molecular weight excluding hydrogens is 440 g/mol. The van der Waals surface area contributed by atoms with E-state index in [1.807, 2.05) is 24.3 Å². The molecule has 0 unspecified atom stereocenters. The molecule has 4 aromatic rings. The molecule has 4 rings (SSSR count). The Morgan fingerprint density at radius 3 is 2.35 bits per heavy atom. The summed E-state index contributed by atoms with van der Waals surface area (Å²) in [5, 5.41) is 4.53. The summed E-state index contributed by atoms with van der Waals surface area (Å²) >= 11 is 5.91. The molecule has 0 atom stereocenters. The minimum atomic E-state index is -3.85. The van der Waals surface area contributed by atoms with Crippen LogP contribution in [0.3, 0.4) is 0 Å². The number of furan rings is 1. The number of rotatable bonds is 8. The predicted octanol–water partition coefficient (Wildman–Crippen LogP) is 4.99. The maximum atomic E-state index is 13.3. The fourth-order valence-electron chi connectivity index (χ4n) is 3.02. The van der Waals surface area contributed by atoms with Gasteiger partial charge in [0.2, 0.25) is 10.0 Å². The zero-order valence-electron chi connectivity index (χ0n) is 16.6. The average Bonchev–Trinajstić information content (AvgIpc) is 3.46. The third kappa shape index (κ3) is 4.82. The second kappa shape index (κ2) is 8.97. The lowest BCUT2D eigenvalue weighted by atomic mass is 10.1. The summed E-state index contributed by atoms with van der Waals surface area (Å²) in [6.07, 6.45) is 1.50. The molecule has 160 valence electrons. The van der Waals surface area contributed by atoms with Crippen LogP contribution in [-0.4, -0.2) is 25.0 Å². The zero-order valence-corrected chi connectivity index (χ0v) is 18.1. The highest BCUT2D eigenvalue weighted by Gasteiger charge is 2.27. The van der Waals surface area contributed by atoms with Crippen LogP contribution in [0, 0.1) is 0 Å². The number of halogens is 1. The molecule has 0 N–H and O–H groups in total. The van der Waals surface area contributed by atoms with Gasteiger partial charge in [0.05, 0.1) is 31.4 Å². The Bertz CT molecular complexity index is 1230. The highest BCUT2D eigenvalue weighted by atomic mass is 35.5. The third-order valence-electron chi connectivity index (χ3n) is 4.64. The monoisotopic (exact) mass is 458 g/mol. The quantitative estimate of drug-likeness (QED) is 0.370. The standard InChI is InChI=1S/C22H19ClN2O5S/c1-28-18-8-4-16(5-9-18)22-13-20(30-24-22)15-25(14-19-3-2-12-29-19)31(26,27)21-10-6-17(23)7-11-21/h2-13H,14-15H2,1H3. The summed E-state index contributed by atoms with van der Waals surface area (Å²) in [5.41, 5.74) is 1.42. The molecule has 0 aliphatic carbocycles. The normalized spacial score (nSPS) is 11.7. The van der Waals surface area contributed by atoms with Crippen LogP contribution in [0.5, 0.6) is 5.75 Å². The first-order valence-corrected chi connectivity index (χ1v) is 11.2. The Morgan fingerprint density at radius 1 is 1.00 bits per heavy atom. The topological polar surface area (TPSA) is 85.8 Å². The molecule has 7 nitrogen and oxygen atoms in total. The van der Waals surface area contributed by atoms with Crippen LogP contribution in [-0.2, 0) is 23.1 Å². The predicted molar refractivity (Wildman–Crippen MR) is 115 cm³/mol. The molecule has 2 aromatic heterocycles. The fraction of sp³-hybridized carbons (Fsp3) is 0.136. The lowest BCUT2D eigenvalue weighted by Gasteiger charge is -2.20. The van der Waals surface area contributed by atoms with Crippen LogP contribution in [0.1, 0.15) is 11.5 Å². The van der Waals surface area contributed by atoms with Gasteiger partial charge in [-0.2, -0.15) is 4.31 Å². The second-order valence-corrected chi connectivity index (χ2v) is 9.09. The van der Waals surface area contributed by atoms with Crippen molar-refractivity contribution in [3.63, 3.8) is 0 Å². The van der Waals surface area contributed by atoms with Crippen LogP contribution in [0.25, 0.3) is 11.3 Å². The molecule has 0 amide bonds.